The van der Waals surface area contributed by atoms with Gasteiger partial charge in [-0.1, -0.05) is 25.7 Å². The standard InChI is InChI=1S/C14H23NOS/c15-14(7-3-1-2-4-8-14)12-16-9-5-13-6-10-17-11-13/h6,10-11H,1-5,7-9,12,15H2. The molecule has 2 rings (SSSR count). The molecule has 0 amide bonds. The molecule has 17 heavy (non-hydrogen) atoms. The molecule has 3 heteroatoms. The van der Waals surface area contributed by atoms with Crippen LogP contribution >= 0.6 is 11.3 Å². The highest BCUT2D eigenvalue weighted by Gasteiger charge is 2.26. The third kappa shape index (κ3) is 4.41. The lowest BCUT2D eigenvalue weighted by Gasteiger charge is -2.27. The second-order valence-electron chi connectivity index (χ2n) is 5.21. The van der Waals surface area contributed by atoms with Crippen molar-refractivity contribution in [1.29, 1.82) is 0 Å². The summed E-state index contributed by atoms with van der Waals surface area (Å²) in [6.45, 7) is 1.53. The van der Waals surface area contributed by atoms with Crippen molar-refractivity contribution in [3.63, 3.8) is 0 Å². The van der Waals surface area contributed by atoms with Crippen LogP contribution < -0.4 is 5.73 Å². The first kappa shape index (κ1) is 13.1. The topological polar surface area (TPSA) is 35.2 Å². The summed E-state index contributed by atoms with van der Waals surface area (Å²) < 4.78 is 5.78. The van der Waals surface area contributed by atoms with Crippen molar-refractivity contribution in [2.24, 2.45) is 5.73 Å². The molecule has 1 aromatic rings. The smallest absolute Gasteiger partial charge is 0.0646 e. The lowest BCUT2D eigenvalue weighted by atomic mass is 9.93. The SMILES string of the molecule is NC1(COCCc2ccsc2)CCCCCC1. The summed E-state index contributed by atoms with van der Waals surface area (Å²) in [6, 6.07) is 2.16. The van der Waals surface area contributed by atoms with Crippen LogP contribution in [0.2, 0.25) is 0 Å². The second-order valence-corrected chi connectivity index (χ2v) is 5.99. The van der Waals surface area contributed by atoms with E-state index in [2.05, 4.69) is 16.8 Å². The van der Waals surface area contributed by atoms with E-state index in [9.17, 15) is 0 Å². The number of ether oxygens (including phenoxy) is 1. The van der Waals surface area contributed by atoms with E-state index < -0.39 is 0 Å². The lowest BCUT2D eigenvalue weighted by molar-refractivity contribution is 0.0800. The molecule has 1 heterocycles. The van der Waals surface area contributed by atoms with Gasteiger partial charge in [-0.25, -0.2) is 0 Å². The van der Waals surface area contributed by atoms with Gasteiger partial charge in [0.15, 0.2) is 0 Å². The molecule has 1 aliphatic rings. The number of hydrogen-bond acceptors (Lipinski definition) is 3. The van der Waals surface area contributed by atoms with E-state index in [0.29, 0.717) is 0 Å². The van der Waals surface area contributed by atoms with Gasteiger partial charge < -0.3 is 10.5 Å². The lowest BCUT2D eigenvalue weighted by Crippen LogP contribution is -2.44. The van der Waals surface area contributed by atoms with E-state index in [-0.39, 0.29) is 5.54 Å². The summed E-state index contributed by atoms with van der Waals surface area (Å²) in [5.74, 6) is 0. The van der Waals surface area contributed by atoms with Gasteiger partial charge in [0.2, 0.25) is 0 Å². The maximum atomic E-state index is 6.40. The Morgan fingerprint density at radius 1 is 1.24 bits per heavy atom. The molecule has 1 aromatic heterocycles. The molecule has 1 fully saturated rings. The van der Waals surface area contributed by atoms with Crippen molar-refractivity contribution < 1.29 is 4.74 Å². The Labute approximate surface area is 108 Å². The highest BCUT2D eigenvalue weighted by molar-refractivity contribution is 7.07. The molecule has 1 aliphatic carbocycles. The van der Waals surface area contributed by atoms with Gasteiger partial charge in [0.1, 0.15) is 0 Å². The van der Waals surface area contributed by atoms with E-state index >= 15 is 0 Å². The second kappa shape index (κ2) is 6.53. The molecule has 0 aromatic carbocycles. The molecule has 96 valence electrons. The van der Waals surface area contributed by atoms with Gasteiger partial charge in [-0.05, 0) is 41.7 Å². The van der Waals surface area contributed by atoms with Crippen LogP contribution in [0, 0.1) is 0 Å². The largest absolute Gasteiger partial charge is 0.379 e. The minimum absolute atomic E-state index is 0.0505. The van der Waals surface area contributed by atoms with Crippen molar-refractivity contribution in [1.82, 2.24) is 0 Å². The first-order valence-corrected chi connectivity index (χ1v) is 7.61. The van der Waals surface area contributed by atoms with Crippen molar-refractivity contribution >= 4 is 11.3 Å². The summed E-state index contributed by atoms with van der Waals surface area (Å²) in [6.07, 6.45) is 8.49. The predicted octanol–water partition coefficient (Wildman–Crippen LogP) is 3.36. The average Bonchev–Trinajstić information content (AvgIpc) is 2.74. The molecule has 0 saturated heterocycles. The van der Waals surface area contributed by atoms with Crippen LogP contribution in [0.1, 0.15) is 44.1 Å². The number of nitrogens with two attached hydrogens (primary N) is 1. The molecule has 2 nitrogen and oxygen atoms in total. The van der Waals surface area contributed by atoms with Gasteiger partial charge in [-0.2, -0.15) is 11.3 Å². The Kier molecular flexibility index (Phi) is 5.01. The van der Waals surface area contributed by atoms with E-state index in [1.54, 1.807) is 11.3 Å². The van der Waals surface area contributed by atoms with Crippen LogP contribution in [0.3, 0.4) is 0 Å². The maximum absolute atomic E-state index is 6.40. The zero-order chi connectivity index (χ0) is 12.0. The molecular weight excluding hydrogens is 230 g/mol. The van der Waals surface area contributed by atoms with Gasteiger partial charge in [0.25, 0.3) is 0 Å². The van der Waals surface area contributed by atoms with Crippen LogP contribution in [0.25, 0.3) is 0 Å². The van der Waals surface area contributed by atoms with Gasteiger partial charge in [-0.3, -0.25) is 0 Å². The number of rotatable bonds is 5. The van der Waals surface area contributed by atoms with E-state index in [1.807, 2.05) is 0 Å². The minimum atomic E-state index is -0.0505. The minimum Gasteiger partial charge on any atom is -0.379 e. The van der Waals surface area contributed by atoms with Gasteiger partial charge >= 0.3 is 0 Å². The summed E-state index contributed by atoms with van der Waals surface area (Å²) in [7, 11) is 0. The molecule has 0 unspecified atom stereocenters. The Balaban J connectivity index is 1.66. The normalized spacial score (nSPS) is 20.1. The van der Waals surface area contributed by atoms with Crippen molar-refractivity contribution in [3.05, 3.63) is 22.4 Å². The Hall–Kier alpha value is -0.380. The third-order valence-electron chi connectivity index (χ3n) is 3.60. The Morgan fingerprint density at radius 2 is 2.00 bits per heavy atom. The molecule has 0 aliphatic heterocycles. The monoisotopic (exact) mass is 253 g/mol. The molecular formula is C14H23NOS. The fourth-order valence-corrected chi connectivity index (χ4v) is 3.18. The summed E-state index contributed by atoms with van der Waals surface area (Å²) in [5, 5.41) is 4.30. The van der Waals surface area contributed by atoms with E-state index in [4.69, 9.17) is 10.5 Å². The van der Waals surface area contributed by atoms with Crippen LogP contribution in [0.5, 0.6) is 0 Å². The first-order valence-electron chi connectivity index (χ1n) is 6.66. The first-order chi connectivity index (χ1) is 8.29. The molecule has 2 N–H and O–H groups in total. The fourth-order valence-electron chi connectivity index (χ4n) is 2.48. The van der Waals surface area contributed by atoms with Crippen molar-refractivity contribution in [2.75, 3.05) is 13.2 Å². The summed E-state index contributed by atoms with van der Waals surface area (Å²) in [5.41, 5.74) is 7.72. The molecule has 1 saturated carbocycles. The van der Waals surface area contributed by atoms with E-state index in [1.165, 1.54) is 31.2 Å². The van der Waals surface area contributed by atoms with Crippen LogP contribution in [-0.4, -0.2) is 18.8 Å². The van der Waals surface area contributed by atoms with Crippen LogP contribution in [-0.2, 0) is 11.2 Å². The zero-order valence-electron chi connectivity index (χ0n) is 10.5. The van der Waals surface area contributed by atoms with Gasteiger partial charge in [0, 0.05) is 5.54 Å². The predicted molar refractivity (Wildman–Crippen MR) is 73.5 cm³/mol. The van der Waals surface area contributed by atoms with Crippen LogP contribution in [0.4, 0.5) is 0 Å². The third-order valence-corrected chi connectivity index (χ3v) is 4.34. The van der Waals surface area contributed by atoms with Crippen molar-refractivity contribution in [3.8, 4) is 0 Å². The summed E-state index contributed by atoms with van der Waals surface area (Å²) in [4.78, 5) is 0. The highest BCUT2D eigenvalue weighted by atomic mass is 32.1. The van der Waals surface area contributed by atoms with Gasteiger partial charge in [0.05, 0.1) is 13.2 Å². The maximum Gasteiger partial charge on any atom is 0.0646 e. The van der Waals surface area contributed by atoms with Gasteiger partial charge in [-0.15, -0.1) is 0 Å². The highest BCUT2D eigenvalue weighted by Crippen LogP contribution is 2.25. The zero-order valence-corrected chi connectivity index (χ0v) is 11.3. The molecule has 0 spiro atoms. The van der Waals surface area contributed by atoms with E-state index in [0.717, 1.165) is 32.5 Å². The molecule has 0 radical (unpaired) electrons. The number of hydrogen-bond donors (Lipinski definition) is 1. The van der Waals surface area contributed by atoms with Crippen LogP contribution in [0.15, 0.2) is 16.8 Å². The summed E-state index contributed by atoms with van der Waals surface area (Å²) >= 11 is 1.75. The molecule has 0 atom stereocenters. The fraction of sp³-hybridized carbons (Fsp3) is 0.714. The molecule has 0 bridgehead atoms. The quantitative estimate of drug-likeness (QED) is 0.645. The Morgan fingerprint density at radius 3 is 2.65 bits per heavy atom. The Bertz CT molecular complexity index is 302. The van der Waals surface area contributed by atoms with Crippen molar-refractivity contribution in [2.45, 2.75) is 50.5 Å². The number of thiophene rings is 1. The average molecular weight is 253 g/mol.